The van der Waals surface area contributed by atoms with Crippen molar-refractivity contribution in [3.05, 3.63) is 24.3 Å². The standard InChI is InChI=1S/C12H14N2O/c15-12-8-4-3-7-9(8)13-10-5-1-2-6-11(10)14-12/h1-2,5-6,8-9,13H,3-4,7H2,(H,14,15)/t8-,9-/m1/s1. The monoisotopic (exact) mass is 202 g/mol. The van der Waals surface area contributed by atoms with Crippen LogP contribution in [0.25, 0.3) is 0 Å². The quantitative estimate of drug-likeness (QED) is 0.677. The third kappa shape index (κ3) is 1.39. The average Bonchev–Trinajstić information content (AvgIpc) is 2.64. The fraction of sp³-hybridized carbons (Fsp3) is 0.417. The number of amides is 1. The van der Waals surface area contributed by atoms with Gasteiger partial charge in [0.05, 0.1) is 17.3 Å². The van der Waals surface area contributed by atoms with Gasteiger partial charge in [0.25, 0.3) is 0 Å². The maximum absolute atomic E-state index is 11.9. The van der Waals surface area contributed by atoms with Crippen molar-refractivity contribution in [2.24, 2.45) is 5.92 Å². The number of hydrogen-bond donors (Lipinski definition) is 2. The Kier molecular flexibility index (Phi) is 1.91. The second-order valence-corrected chi connectivity index (χ2v) is 4.32. The SMILES string of the molecule is O=C1Nc2ccccc2N[C@@H]2CCC[C@@H]12. The molecular weight excluding hydrogens is 188 g/mol. The van der Waals surface area contributed by atoms with Gasteiger partial charge >= 0.3 is 0 Å². The molecule has 0 bridgehead atoms. The molecule has 1 aromatic rings. The lowest BCUT2D eigenvalue weighted by atomic mass is 10.0. The summed E-state index contributed by atoms with van der Waals surface area (Å²) in [5.41, 5.74) is 1.97. The van der Waals surface area contributed by atoms with Crippen molar-refractivity contribution in [3.63, 3.8) is 0 Å². The highest BCUT2D eigenvalue weighted by atomic mass is 16.2. The zero-order chi connectivity index (χ0) is 10.3. The highest BCUT2D eigenvalue weighted by molar-refractivity contribution is 5.98. The van der Waals surface area contributed by atoms with Crippen LogP contribution in [0.2, 0.25) is 0 Å². The maximum atomic E-state index is 11.9. The van der Waals surface area contributed by atoms with Crippen LogP contribution in [-0.4, -0.2) is 11.9 Å². The van der Waals surface area contributed by atoms with Crippen LogP contribution >= 0.6 is 0 Å². The van der Waals surface area contributed by atoms with Crippen LogP contribution < -0.4 is 10.6 Å². The Bertz CT molecular complexity index is 402. The first kappa shape index (κ1) is 8.77. The Morgan fingerprint density at radius 2 is 1.93 bits per heavy atom. The predicted octanol–water partition coefficient (Wildman–Crippen LogP) is 2.22. The summed E-state index contributed by atoms with van der Waals surface area (Å²) in [4.78, 5) is 11.9. The molecule has 0 unspecified atom stereocenters. The first-order chi connectivity index (χ1) is 7.34. The Labute approximate surface area is 88.9 Å². The molecule has 1 aliphatic heterocycles. The molecule has 15 heavy (non-hydrogen) atoms. The van der Waals surface area contributed by atoms with Gasteiger partial charge in [-0.1, -0.05) is 18.6 Å². The van der Waals surface area contributed by atoms with E-state index < -0.39 is 0 Å². The summed E-state index contributed by atoms with van der Waals surface area (Å²) in [6.07, 6.45) is 3.27. The number of hydrogen-bond acceptors (Lipinski definition) is 2. The molecule has 2 N–H and O–H groups in total. The summed E-state index contributed by atoms with van der Waals surface area (Å²) in [6, 6.07) is 8.24. The van der Waals surface area contributed by atoms with Crippen molar-refractivity contribution >= 4 is 17.3 Å². The molecule has 0 saturated heterocycles. The summed E-state index contributed by atoms with van der Waals surface area (Å²) >= 11 is 0. The molecule has 0 radical (unpaired) electrons. The van der Waals surface area contributed by atoms with Crippen LogP contribution in [0.15, 0.2) is 24.3 Å². The van der Waals surface area contributed by atoms with E-state index in [1.54, 1.807) is 0 Å². The van der Waals surface area contributed by atoms with Crippen LogP contribution in [0.5, 0.6) is 0 Å². The van der Waals surface area contributed by atoms with Gasteiger partial charge in [-0.15, -0.1) is 0 Å². The van der Waals surface area contributed by atoms with Gasteiger partial charge in [0.15, 0.2) is 0 Å². The number of para-hydroxylation sites is 2. The van der Waals surface area contributed by atoms with Gasteiger partial charge in [-0.25, -0.2) is 0 Å². The van der Waals surface area contributed by atoms with Gasteiger partial charge in [0.2, 0.25) is 5.91 Å². The fourth-order valence-corrected chi connectivity index (χ4v) is 2.59. The van der Waals surface area contributed by atoms with Crippen molar-refractivity contribution in [2.45, 2.75) is 25.3 Å². The Hall–Kier alpha value is -1.51. The van der Waals surface area contributed by atoms with E-state index in [0.29, 0.717) is 6.04 Å². The maximum Gasteiger partial charge on any atom is 0.229 e. The molecular formula is C12H14N2O. The topological polar surface area (TPSA) is 41.1 Å². The van der Waals surface area contributed by atoms with E-state index in [0.717, 1.165) is 30.6 Å². The molecule has 1 amide bonds. The second kappa shape index (κ2) is 3.26. The molecule has 1 aliphatic carbocycles. The number of anilines is 2. The van der Waals surface area contributed by atoms with E-state index in [4.69, 9.17) is 0 Å². The number of benzene rings is 1. The lowest BCUT2D eigenvalue weighted by molar-refractivity contribution is -0.119. The minimum atomic E-state index is 0.150. The highest BCUT2D eigenvalue weighted by Crippen LogP contribution is 2.35. The van der Waals surface area contributed by atoms with Gasteiger partial charge in [-0.3, -0.25) is 4.79 Å². The largest absolute Gasteiger partial charge is 0.380 e. The number of rotatable bonds is 0. The van der Waals surface area contributed by atoms with Gasteiger partial charge in [-0.2, -0.15) is 0 Å². The van der Waals surface area contributed by atoms with Crippen molar-refractivity contribution in [1.29, 1.82) is 0 Å². The third-order valence-electron chi connectivity index (χ3n) is 3.38. The van der Waals surface area contributed by atoms with Crippen molar-refractivity contribution in [3.8, 4) is 0 Å². The normalized spacial score (nSPS) is 28.4. The fourth-order valence-electron chi connectivity index (χ4n) is 2.59. The number of fused-ring (bicyclic) bond motifs is 2. The van der Waals surface area contributed by atoms with E-state index >= 15 is 0 Å². The molecule has 78 valence electrons. The van der Waals surface area contributed by atoms with Gasteiger partial charge in [0.1, 0.15) is 0 Å². The Morgan fingerprint density at radius 3 is 2.80 bits per heavy atom. The van der Waals surface area contributed by atoms with Crippen molar-refractivity contribution in [2.75, 3.05) is 10.6 Å². The Balaban J connectivity index is 2.00. The van der Waals surface area contributed by atoms with E-state index in [9.17, 15) is 4.79 Å². The number of carbonyl (C=O) groups excluding carboxylic acids is 1. The van der Waals surface area contributed by atoms with Crippen molar-refractivity contribution < 1.29 is 4.79 Å². The minimum absolute atomic E-state index is 0.150. The highest BCUT2D eigenvalue weighted by Gasteiger charge is 2.35. The summed E-state index contributed by atoms with van der Waals surface area (Å²) in [6.45, 7) is 0. The molecule has 1 aromatic carbocycles. The third-order valence-corrected chi connectivity index (χ3v) is 3.38. The first-order valence-corrected chi connectivity index (χ1v) is 5.51. The average molecular weight is 202 g/mol. The molecule has 3 rings (SSSR count). The molecule has 2 aliphatic rings. The number of carbonyl (C=O) groups is 1. The van der Waals surface area contributed by atoms with Gasteiger partial charge < -0.3 is 10.6 Å². The second-order valence-electron chi connectivity index (χ2n) is 4.32. The molecule has 3 heteroatoms. The Morgan fingerprint density at radius 1 is 1.13 bits per heavy atom. The van der Waals surface area contributed by atoms with Crippen LogP contribution in [0, 0.1) is 5.92 Å². The molecule has 1 heterocycles. The molecule has 1 fully saturated rings. The molecule has 1 saturated carbocycles. The summed E-state index contributed by atoms with van der Waals surface area (Å²) < 4.78 is 0. The lowest BCUT2D eigenvalue weighted by Gasteiger charge is -2.16. The molecule has 2 atom stereocenters. The van der Waals surface area contributed by atoms with E-state index in [-0.39, 0.29) is 11.8 Å². The summed E-state index contributed by atoms with van der Waals surface area (Å²) in [5, 5.41) is 6.46. The molecule has 0 spiro atoms. The zero-order valence-electron chi connectivity index (χ0n) is 8.49. The van der Waals surface area contributed by atoms with E-state index in [2.05, 4.69) is 10.6 Å². The lowest BCUT2D eigenvalue weighted by Crippen LogP contribution is -2.30. The van der Waals surface area contributed by atoms with Gasteiger partial charge in [0, 0.05) is 6.04 Å². The van der Waals surface area contributed by atoms with Crippen LogP contribution in [0.4, 0.5) is 11.4 Å². The first-order valence-electron chi connectivity index (χ1n) is 5.51. The van der Waals surface area contributed by atoms with Gasteiger partial charge in [-0.05, 0) is 25.0 Å². The predicted molar refractivity (Wildman–Crippen MR) is 59.8 cm³/mol. The smallest absolute Gasteiger partial charge is 0.229 e. The van der Waals surface area contributed by atoms with Crippen molar-refractivity contribution in [1.82, 2.24) is 0 Å². The zero-order valence-corrected chi connectivity index (χ0v) is 8.49. The number of nitrogens with one attached hydrogen (secondary N) is 2. The molecule has 0 aromatic heterocycles. The summed E-state index contributed by atoms with van der Waals surface area (Å²) in [5.74, 6) is 0.326. The van der Waals surface area contributed by atoms with E-state index in [1.165, 1.54) is 0 Å². The summed E-state index contributed by atoms with van der Waals surface area (Å²) in [7, 11) is 0. The van der Waals surface area contributed by atoms with Crippen LogP contribution in [0.1, 0.15) is 19.3 Å². The van der Waals surface area contributed by atoms with Crippen LogP contribution in [-0.2, 0) is 4.79 Å². The minimum Gasteiger partial charge on any atom is -0.380 e. The van der Waals surface area contributed by atoms with E-state index in [1.807, 2.05) is 24.3 Å². The molecule has 3 nitrogen and oxygen atoms in total. The van der Waals surface area contributed by atoms with Crippen LogP contribution in [0.3, 0.4) is 0 Å².